The number of aryl methyl sites for hydroxylation is 1. The van der Waals surface area contributed by atoms with Crippen molar-refractivity contribution in [2.75, 3.05) is 11.1 Å². The Hall–Kier alpha value is -2.50. The number of rotatable bonds is 2. The number of amides is 1. The number of pyridine rings is 2. The van der Waals surface area contributed by atoms with Crippen molar-refractivity contribution in [2.45, 2.75) is 6.92 Å². The molecule has 5 nitrogen and oxygen atoms in total. The molecule has 92 valence electrons. The smallest absolute Gasteiger partial charge is 0.260 e. The lowest BCUT2D eigenvalue weighted by Crippen LogP contribution is -2.16. The molecule has 0 bridgehead atoms. The van der Waals surface area contributed by atoms with Crippen LogP contribution in [0.15, 0.2) is 30.6 Å². The van der Waals surface area contributed by atoms with E-state index in [1.807, 2.05) is 6.92 Å². The fraction of sp³-hybridized carbons (Fsp3) is 0.0833. The Morgan fingerprint density at radius 1 is 1.33 bits per heavy atom. The average molecular weight is 246 g/mol. The molecule has 0 radical (unpaired) electrons. The van der Waals surface area contributed by atoms with E-state index >= 15 is 0 Å². The molecule has 18 heavy (non-hydrogen) atoms. The minimum Gasteiger partial charge on any atom is -0.383 e. The number of aromatic nitrogens is 2. The van der Waals surface area contributed by atoms with Crippen molar-refractivity contribution in [3.8, 4) is 0 Å². The topological polar surface area (TPSA) is 80.9 Å². The Balaban J connectivity index is 2.21. The minimum atomic E-state index is -0.619. The first-order chi connectivity index (χ1) is 8.56. The first-order valence-corrected chi connectivity index (χ1v) is 5.21. The van der Waals surface area contributed by atoms with E-state index in [-0.39, 0.29) is 11.4 Å². The van der Waals surface area contributed by atoms with E-state index in [9.17, 15) is 9.18 Å². The Bertz CT molecular complexity index is 583. The van der Waals surface area contributed by atoms with E-state index in [2.05, 4.69) is 15.3 Å². The Kier molecular flexibility index (Phi) is 3.18. The molecule has 6 heteroatoms. The minimum absolute atomic E-state index is 0.0163. The van der Waals surface area contributed by atoms with Crippen LogP contribution in [0, 0.1) is 12.7 Å². The summed E-state index contributed by atoms with van der Waals surface area (Å²) in [5.74, 6) is -0.822. The molecule has 0 fully saturated rings. The SMILES string of the molecule is Cc1ccc(NC(=O)c2cc(F)cnc2N)nc1. The second-order valence-electron chi connectivity index (χ2n) is 3.76. The number of carbonyl (C=O) groups is 1. The molecule has 0 saturated heterocycles. The van der Waals surface area contributed by atoms with Crippen molar-refractivity contribution >= 4 is 17.5 Å². The van der Waals surface area contributed by atoms with Gasteiger partial charge >= 0.3 is 0 Å². The maximum absolute atomic E-state index is 13.0. The summed E-state index contributed by atoms with van der Waals surface area (Å²) in [5, 5.41) is 2.52. The molecule has 0 aromatic carbocycles. The molecular formula is C12H11FN4O. The Labute approximate surface area is 103 Å². The lowest BCUT2D eigenvalue weighted by molar-refractivity contribution is 0.102. The normalized spacial score (nSPS) is 10.1. The fourth-order valence-corrected chi connectivity index (χ4v) is 1.36. The van der Waals surface area contributed by atoms with Gasteiger partial charge in [-0.25, -0.2) is 14.4 Å². The van der Waals surface area contributed by atoms with Crippen molar-refractivity contribution in [1.82, 2.24) is 9.97 Å². The number of hydrogen-bond donors (Lipinski definition) is 2. The van der Waals surface area contributed by atoms with Gasteiger partial charge < -0.3 is 11.1 Å². The summed E-state index contributed by atoms with van der Waals surface area (Å²) in [6.07, 6.45) is 2.57. The summed E-state index contributed by atoms with van der Waals surface area (Å²) in [7, 11) is 0. The first-order valence-electron chi connectivity index (χ1n) is 5.21. The summed E-state index contributed by atoms with van der Waals surface area (Å²) in [5.41, 5.74) is 6.46. The zero-order valence-corrected chi connectivity index (χ0v) is 9.64. The second-order valence-corrected chi connectivity index (χ2v) is 3.76. The van der Waals surface area contributed by atoms with Crippen LogP contribution in [-0.2, 0) is 0 Å². The second kappa shape index (κ2) is 4.79. The number of anilines is 2. The third kappa shape index (κ3) is 2.60. The molecule has 2 heterocycles. The van der Waals surface area contributed by atoms with Crippen LogP contribution in [0.25, 0.3) is 0 Å². The van der Waals surface area contributed by atoms with Crippen LogP contribution in [0.3, 0.4) is 0 Å². The van der Waals surface area contributed by atoms with Gasteiger partial charge in [0.05, 0.1) is 11.8 Å². The van der Waals surface area contributed by atoms with Gasteiger partial charge in [-0.05, 0) is 24.6 Å². The van der Waals surface area contributed by atoms with Crippen molar-refractivity contribution in [3.05, 3.63) is 47.5 Å². The number of nitrogen functional groups attached to an aromatic ring is 1. The van der Waals surface area contributed by atoms with Crippen LogP contribution in [0.4, 0.5) is 16.0 Å². The molecule has 0 aliphatic heterocycles. The maximum atomic E-state index is 13.0. The van der Waals surface area contributed by atoms with E-state index in [1.54, 1.807) is 18.3 Å². The highest BCUT2D eigenvalue weighted by molar-refractivity contribution is 6.06. The number of hydrogen-bond acceptors (Lipinski definition) is 4. The van der Waals surface area contributed by atoms with Crippen LogP contribution in [0.5, 0.6) is 0 Å². The summed E-state index contributed by atoms with van der Waals surface area (Å²) in [6, 6.07) is 4.48. The molecule has 0 spiro atoms. The van der Waals surface area contributed by atoms with Gasteiger partial charge in [0.2, 0.25) is 0 Å². The van der Waals surface area contributed by atoms with Gasteiger partial charge in [0.15, 0.2) is 0 Å². The van der Waals surface area contributed by atoms with Gasteiger partial charge in [-0.2, -0.15) is 0 Å². The quantitative estimate of drug-likeness (QED) is 0.846. The van der Waals surface area contributed by atoms with Crippen LogP contribution >= 0.6 is 0 Å². The maximum Gasteiger partial charge on any atom is 0.260 e. The number of nitrogens with zero attached hydrogens (tertiary/aromatic N) is 2. The molecule has 0 unspecified atom stereocenters. The molecule has 3 N–H and O–H groups in total. The van der Waals surface area contributed by atoms with Gasteiger partial charge in [-0.15, -0.1) is 0 Å². The predicted molar refractivity (Wildman–Crippen MR) is 65.5 cm³/mol. The lowest BCUT2D eigenvalue weighted by atomic mass is 10.2. The molecule has 2 aromatic heterocycles. The van der Waals surface area contributed by atoms with Crippen molar-refractivity contribution in [2.24, 2.45) is 0 Å². The van der Waals surface area contributed by atoms with E-state index < -0.39 is 11.7 Å². The number of halogens is 1. The molecular weight excluding hydrogens is 235 g/mol. The van der Waals surface area contributed by atoms with Gasteiger partial charge in [0.25, 0.3) is 5.91 Å². The number of carbonyl (C=O) groups excluding carboxylic acids is 1. The van der Waals surface area contributed by atoms with Crippen LogP contribution in [-0.4, -0.2) is 15.9 Å². The van der Waals surface area contributed by atoms with Crippen LogP contribution < -0.4 is 11.1 Å². The van der Waals surface area contributed by atoms with Crippen molar-refractivity contribution in [3.63, 3.8) is 0 Å². The highest BCUT2D eigenvalue weighted by atomic mass is 19.1. The largest absolute Gasteiger partial charge is 0.383 e. The third-order valence-corrected chi connectivity index (χ3v) is 2.28. The monoisotopic (exact) mass is 246 g/mol. The average Bonchev–Trinajstić information content (AvgIpc) is 2.35. The van der Waals surface area contributed by atoms with Gasteiger partial charge in [0, 0.05) is 6.20 Å². The van der Waals surface area contributed by atoms with E-state index in [0.717, 1.165) is 17.8 Å². The molecule has 2 rings (SSSR count). The summed E-state index contributed by atoms with van der Waals surface area (Å²) >= 11 is 0. The van der Waals surface area contributed by atoms with E-state index in [4.69, 9.17) is 5.73 Å². The predicted octanol–water partition coefficient (Wildman–Crippen LogP) is 1.76. The van der Waals surface area contributed by atoms with E-state index in [0.29, 0.717) is 5.82 Å². The number of nitrogens with one attached hydrogen (secondary N) is 1. The molecule has 0 aliphatic rings. The van der Waals surface area contributed by atoms with Crippen LogP contribution in [0.1, 0.15) is 15.9 Å². The first kappa shape index (κ1) is 12.0. The molecule has 2 aromatic rings. The molecule has 0 aliphatic carbocycles. The van der Waals surface area contributed by atoms with Crippen LogP contribution in [0.2, 0.25) is 0 Å². The summed E-state index contributed by atoms with van der Waals surface area (Å²) in [6.45, 7) is 1.88. The highest BCUT2D eigenvalue weighted by Crippen LogP contribution is 2.12. The zero-order chi connectivity index (χ0) is 13.1. The van der Waals surface area contributed by atoms with Gasteiger partial charge in [-0.3, -0.25) is 4.79 Å². The molecule has 1 amide bonds. The van der Waals surface area contributed by atoms with E-state index in [1.165, 1.54) is 0 Å². The zero-order valence-electron chi connectivity index (χ0n) is 9.64. The van der Waals surface area contributed by atoms with Crippen molar-refractivity contribution < 1.29 is 9.18 Å². The lowest BCUT2D eigenvalue weighted by Gasteiger charge is -2.06. The third-order valence-electron chi connectivity index (χ3n) is 2.28. The number of nitrogens with two attached hydrogens (primary N) is 1. The summed E-state index contributed by atoms with van der Waals surface area (Å²) < 4.78 is 13.0. The Morgan fingerprint density at radius 3 is 2.78 bits per heavy atom. The standard InChI is InChI=1S/C12H11FN4O/c1-7-2-3-10(15-5-7)17-12(18)9-4-8(13)6-16-11(9)14/h2-6H,1H3,(H2,14,16)(H,15,17,18). The van der Waals surface area contributed by atoms with Gasteiger partial charge in [0.1, 0.15) is 17.5 Å². The van der Waals surface area contributed by atoms with Gasteiger partial charge in [-0.1, -0.05) is 6.07 Å². The fourth-order valence-electron chi connectivity index (χ4n) is 1.36. The summed E-state index contributed by atoms with van der Waals surface area (Å²) in [4.78, 5) is 19.4. The Morgan fingerprint density at radius 2 is 2.11 bits per heavy atom. The highest BCUT2D eigenvalue weighted by Gasteiger charge is 2.12. The molecule has 0 saturated carbocycles. The van der Waals surface area contributed by atoms with Crippen molar-refractivity contribution in [1.29, 1.82) is 0 Å². The molecule has 0 atom stereocenters.